The Hall–Kier alpha value is -2.00. The second kappa shape index (κ2) is 12.5. The summed E-state index contributed by atoms with van der Waals surface area (Å²) in [6.45, 7) is 3.97. The second-order valence-corrected chi connectivity index (χ2v) is 8.08. The third-order valence-corrected chi connectivity index (χ3v) is 5.66. The normalized spacial score (nSPS) is 14.5. The summed E-state index contributed by atoms with van der Waals surface area (Å²) in [5.74, 6) is 0.383. The van der Waals surface area contributed by atoms with Crippen LogP contribution in [-0.2, 0) is 15.3 Å². The summed E-state index contributed by atoms with van der Waals surface area (Å²) >= 11 is 4.88. The van der Waals surface area contributed by atoms with Crippen molar-refractivity contribution in [2.75, 3.05) is 14.2 Å². The maximum Gasteiger partial charge on any atom is 0.311 e. The number of amides is 1. The van der Waals surface area contributed by atoms with Gasteiger partial charge in [0, 0.05) is 7.05 Å². The molecule has 0 heterocycles. The highest BCUT2D eigenvalue weighted by molar-refractivity contribution is 7.80. The van der Waals surface area contributed by atoms with Gasteiger partial charge in [-0.15, -0.1) is 0 Å². The van der Waals surface area contributed by atoms with Gasteiger partial charge in [0.25, 0.3) is 0 Å². The van der Waals surface area contributed by atoms with Crippen LogP contribution in [0.2, 0.25) is 0 Å². The molecule has 7 nitrogen and oxygen atoms in total. The number of rotatable bonds is 8. The first-order valence-electron chi connectivity index (χ1n) is 9.75. The molecule has 1 aromatic rings. The van der Waals surface area contributed by atoms with Gasteiger partial charge in [-0.25, -0.2) is 0 Å². The summed E-state index contributed by atoms with van der Waals surface area (Å²) in [7, 11) is 1.07. The number of nitrogens with one attached hydrogen (secondary N) is 2. The number of thiocarbonyl (C=S) groups is 1. The summed E-state index contributed by atoms with van der Waals surface area (Å²) in [6.07, 6.45) is 6.35. The molecule has 0 bridgehead atoms. The Morgan fingerprint density at radius 1 is 1.28 bits per heavy atom. The van der Waals surface area contributed by atoms with Gasteiger partial charge >= 0.3 is 10.5 Å². The highest BCUT2D eigenvalue weighted by atomic mass is 32.2. The minimum Gasteiger partial charge on any atom is -0.497 e. The zero-order chi connectivity index (χ0) is 21.9. The van der Waals surface area contributed by atoms with Crippen LogP contribution in [0.5, 0.6) is 5.75 Å². The van der Waals surface area contributed by atoms with E-state index in [0.29, 0.717) is 5.11 Å². The topological polar surface area (TPSA) is 96.9 Å². The highest BCUT2D eigenvalue weighted by Crippen LogP contribution is 2.44. The van der Waals surface area contributed by atoms with Crippen LogP contribution in [0.4, 0.5) is 0 Å². The van der Waals surface area contributed by atoms with E-state index in [2.05, 4.69) is 21.9 Å². The molecule has 0 spiro atoms. The van der Waals surface area contributed by atoms with Crippen LogP contribution in [0, 0.1) is 0 Å². The molecule has 1 fully saturated rings. The zero-order valence-corrected chi connectivity index (χ0v) is 19.2. The molecule has 2 N–H and O–H groups in total. The number of carbonyl (C=O) groups excluding carboxylic acids is 1. The van der Waals surface area contributed by atoms with Gasteiger partial charge < -0.3 is 15.4 Å². The number of unbranched alkanes of at least 4 members (excludes halogenated alkanes) is 2. The third kappa shape index (κ3) is 9.36. The van der Waals surface area contributed by atoms with Gasteiger partial charge in [-0.2, -0.15) is 12.8 Å². The van der Waals surface area contributed by atoms with Crippen LogP contribution >= 0.6 is 12.2 Å². The number of nitrogens with zero attached hydrogens (tertiary/aromatic N) is 1. The van der Waals surface area contributed by atoms with Crippen LogP contribution in [0.1, 0.15) is 63.9 Å². The molecule has 1 atom stereocenters. The molecule has 1 amide bonds. The molecule has 1 saturated carbocycles. The smallest absolute Gasteiger partial charge is 0.311 e. The molecule has 1 aliphatic rings. The van der Waals surface area contributed by atoms with Gasteiger partial charge in [-0.1, -0.05) is 38.3 Å². The molecule has 0 saturated heterocycles. The summed E-state index contributed by atoms with van der Waals surface area (Å²) in [5, 5.41) is 5.64. The van der Waals surface area contributed by atoms with Crippen molar-refractivity contribution >= 4 is 33.7 Å². The maximum absolute atomic E-state index is 11.8. The number of hydrogen-bond donors (Lipinski definition) is 2. The van der Waals surface area contributed by atoms with Gasteiger partial charge in [-0.05, 0) is 56.1 Å². The molecule has 162 valence electrons. The Balaban J connectivity index is 0.000000308. The van der Waals surface area contributed by atoms with E-state index >= 15 is 0 Å². The van der Waals surface area contributed by atoms with Crippen LogP contribution in [-0.4, -0.2) is 39.1 Å². The lowest BCUT2D eigenvalue weighted by atomic mass is 10.0. The number of benzene rings is 1. The Morgan fingerprint density at radius 2 is 1.90 bits per heavy atom. The number of ether oxygens (including phenoxy) is 1. The fourth-order valence-corrected chi connectivity index (χ4v) is 3.41. The Bertz CT molecular complexity index is 796. The van der Waals surface area contributed by atoms with E-state index in [0.717, 1.165) is 37.0 Å². The molecule has 0 aliphatic heterocycles. The highest BCUT2D eigenvalue weighted by Gasteiger charge is 2.42. The zero-order valence-electron chi connectivity index (χ0n) is 17.5. The fourth-order valence-electron chi connectivity index (χ4n) is 2.72. The van der Waals surface area contributed by atoms with Gasteiger partial charge in [0.1, 0.15) is 5.75 Å². The summed E-state index contributed by atoms with van der Waals surface area (Å²) in [5.41, 5.74) is 0.754. The van der Waals surface area contributed by atoms with Gasteiger partial charge in [0.05, 0.1) is 18.6 Å². The first-order chi connectivity index (χ1) is 13.8. The second-order valence-electron chi connectivity index (χ2n) is 7.05. The summed E-state index contributed by atoms with van der Waals surface area (Å²) < 4.78 is 29.4. The van der Waals surface area contributed by atoms with Crippen molar-refractivity contribution in [2.24, 2.45) is 4.36 Å². The quantitative estimate of drug-likeness (QED) is 0.473. The van der Waals surface area contributed by atoms with Crippen LogP contribution in [0.15, 0.2) is 28.6 Å². The molecule has 0 radical (unpaired) electrons. The van der Waals surface area contributed by atoms with E-state index in [4.69, 9.17) is 17.0 Å². The Morgan fingerprint density at radius 3 is 2.34 bits per heavy atom. The standard InChI is InChI=1S/C12H16N2O2S.C8H15NO2S/c1-8(11(15)14-12(17)13-2)9-4-6-10(16-3)7-5-9;1-2-3-4-5-8(6-7-8)9-12(10)11/h4-8H,1-3H3,(H2,13,14,15,17);2-7H2,1H3. The summed E-state index contributed by atoms with van der Waals surface area (Å²) in [6, 6.07) is 7.39. The summed E-state index contributed by atoms with van der Waals surface area (Å²) in [4.78, 5) is 11.8. The van der Waals surface area contributed by atoms with Gasteiger partial charge in [0.2, 0.25) is 5.91 Å². The first kappa shape index (κ1) is 25.0. The van der Waals surface area contributed by atoms with Crippen molar-refractivity contribution < 1.29 is 17.9 Å². The van der Waals surface area contributed by atoms with Crippen molar-refractivity contribution in [1.82, 2.24) is 10.6 Å². The lowest BCUT2D eigenvalue weighted by Crippen LogP contribution is -2.39. The molecule has 29 heavy (non-hydrogen) atoms. The van der Waals surface area contributed by atoms with Crippen molar-refractivity contribution in [3.63, 3.8) is 0 Å². The number of carbonyl (C=O) groups is 1. The third-order valence-electron chi connectivity index (χ3n) is 4.81. The van der Waals surface area contributed by atoms with E-state index in [9.17, 15) is 13.2 Å². The lowest BCUT2D eigenvalue weighted by Gasteiger charge is -2.13. The van der Waals surface area contributed by atoms with Crippen molar-refractivity contribution in [3.8, 4) is 5.75 Å². The minimum atomic E-state index is -2.20. The monoisotopic (exact) mass is 441 g/mol. The van der Waals surface area contributed by atoms with E-state index in [1.165, 1.54) is 12.8 Å². The van der Waals surface area contributed by atoms with Gasteiger partial charge in [0.15, 0.2) is 5.11 Å². The fraction of sp³-hybridized carbons (Fsp3) is 0.600. The number of hydrogen-bond acceptors (Lipinski definition) is 6. The predicted octanol–water partition coefficient (Wildman–Crippen LogP) is 3.58. The Labute approximate surface area is 180 Å². The van der Waals surface area contributed by atoms with Crippen LogP contribution in [0.25, 0.3) is 0 Å². The molecular weight excluding hydrogens is 410 g/mol. The number of methoxy groups -OCH3 is 1. The van der Waals surface area contributed by atoms with Crippen molar-refractivity contribution in [1.29, 1.82) is 0 Å². The van der Waals surface area contributed by atoms with Crippen LogP contribution in [0.3, 0.4) is 0 Å². The Kier molecular flexibility index (Phi) is 10.8. The van der Waals surface area contributed by atoms with Gasteiger partial charge in [-0.3, -0.25) is 4.79 Å². The maximum atomic E-state index is 11.8. The molecule has 2 rings (SSSR count). The molecule has 1 unspecified atom stereocenters. The average Bonchev–Trinajstić information content (AvgIpc) is 3.46. The lowest BCUT2D eigenvalue weighted by molar-refractivity contribution is -0.120. The molecular formula is C20H31N3O4S2. The molecule has 1 aliphatic carbocycles. The molecule has 9 heteroatoms. The first-order valence-corrected chi connectivity index (χ1v) is 11.2. The van der Waals surface area contributed by atoms with E-state index in [1.807, 2.05) is 31.2 Å². The van der Waals surface area contributed by atoms with E-state index < -0.39 is 10.5 Å². The predicted molar refractivity (Wildman–Crippen MR) is 119 cm³/mol. The van der Waals surface area contributed by atoms with E-state index in [1.54, 1.807) is 14.2 Å². The average molecular weight is 442 g/mol. The molecule has 0 aromatic heterocycles. The minimum absolute atomic E-state index is 0.130. The van der Waals surface area contributed by atoms with Crippen molar-refractivity contribution in [2.45, 2.75) is 63.8 Å². The molecule has 1 aromatic carbocycles. The largest absolute Gasteiger partial charge is 0.497 e. The SMILES string of the molecule is CCCCCC1(N=S(=O)=O)CC1.CNC(=S)NC(=O)C(C)c1ccc(OC)cc1. The van der Waals surface area contributed by atoms with Crippen LogP contribution < -0.4 is 15.4 Å². The van der Waals surface area contributed by atoms with Crippen molar-refractivity contribution in [3.05, 3.63) is 29.8 Å². The van der Waals surface area contributed by atoms with E-state index in [-0.39, 0.29) is 17.4 Å².